The largest absolute Gasteiger partial charge is 0.462 e. The van der Waals surface area contributed by atoms with Crippen molar-refractivity contribution in [1.82, 2.24) is 9.47 Å². The van der Waals surface area contributed by atoms with Crippen molar-refractivity contribution >= 4 is 17.8 Å². The number of nitrogens with zero attached hydrogens (tertiary/aromatic N) is 2. The number of carbonyl (C=O) groups excluding carboxylic acids is 3. The lowest BCUT2D eigenvalue weighted by Gasteiger charge is -2.13. The Hall–Kier alpha value is -3.67. The highest BCUT2D eigenvalue weighted by Gasteiger charge is 2.34. The predicted octanol–water partition coefficient (Wildman–Crippen LogP) is 3.32. The molecule has 0 spiro atoms. The van der Waals surface area contributed by atoms with E-state index in [0.29, 0.717) is 23.1 Å². The Morgan fingerprint density at radius 3 is 2.04 bits per heavy atom. The quantitative estimate of drug-likeness (QED) is 0.377. The second kappa shape index (κ2) is 7.52. The molecule has 0 saturated heterocycles. The molecule has 2 amide bonds. The molecule has 3 aromatic rings. The molecule has 0 saturated carbocycles. The molecule has 0 unspecified atom stereocenters. The summed E-state index contributed by atoms with van der Waals surface area (Å²) in [4.78, 5) is 37.9. The molecule has 2 aromatic carbocycles. The lowest BCUT2D eigenvalue weighted by Crippen LogP contribution is -2.31. The lowest BCUT2D eigenvalue weighted by molar-refractivity contribution is 0.0482. The summed E-state index contributed by atoms with van der Waals surface area (Å²) in [5, 5.41) is 0. The van der Waals surface area contributed by atoms with Crippen molar-refractivity contribution in [2.24, 2.45) is 0 Å². The van der Waals surface area contributed by atoms with Gasteiger partial charge in [-0.1, -0.05) is 12.1 Å². The third kappa shape index (κ3) is 3.32. The van der Waals surface area contributed by atoms with E-state index >= 15 is 0 Å². The molecule has 0 aliphatic carbocycles. The van der Waals surface area contributed by atoms with E-state index in [2.05, 4.69) is 0 Å². The fourth-order valence-corrected chi connectivity index (χ4v) is 3.19. The summed E-state index contributed by atoms with van der Waals surface area (Å²) >= 11 is 0. The first-order chi connectivity index (χ1) is 13.6. The van der Waals surface area contributed by atoms with Gasteiger partial charge in [0.15, 0.2) is 0 Å². The Bertz CT molecular complexity index is 988. The van der Waals surface area contributed by atoms with E-state index in [-0.39, 0.29) is 25.0 Å². The minimum atomic E-state index is -0.429. The molecular weight excluding hydrogens is 356 g/mol. The van der Waals surface area contributed by atoms with Gasteiger partial charge >= 0.3 is 5.97 Å². The van der Waals surface area contributed by atoms with E-state index < -0.39 is 5.97 Å². The summed E-state index contributed by atoms with van der Waals surface area (Å²) in [5.74, 6) is -1.03. The second-order valence-electron chi connectivity index (χ2n) is 6.43. The standard InChI is InChI=1S/C22H18N2O4/c25-20-18-6-1-2-7-19(18)21(26)24(20)14-5-15-28-22(27)16-8-10-17(11-9-16)23-12-3-4-13-23/h1-4,6-13H,5,14-15H2. The van der Waals surface area contributed by atoms with Crippen LogP contribution in [0, 0.1) is 0 Å². The molecule has 28 heavy (non-hydrogen) atoms. The predicted molar refractivity (Wildman–Crippen MR) is 102 cm³/mol. The molecule has 0 bridgehead atoms. The van der Waals surface area contributed by atoms with Crippen molar-refractivity contribution in [3.63, 3.8) is 0 Å². The van der Waals surface area contributed by atoms with Gasteiger partial charge in [-0.15, -0.1) is 0 Å². The van der Waals surface area contributed by atoms with E-state index in [1.807, 2.05) is 41.2 Å². The van der Waals surface area contributed by atoms with Crippen LogP contribution in [0.25, 0.3) is 5.69 Å². The van der Waals surface area contributed by atoms with Crippen LogP contribution >= 0.6 is 0 Å². The average Bonchev–Trinajstić information content (AvgIpc) is 3.35. The Morgan fingerprint density at radius 1 is 0.821 bits per heavy atom. The maximum atomic E-state index is 12.3. The molecule has 0 atom stereocenters. The second-order valence-corrected chi connectivity index (χ2v) is 6.43. The van der Waals surface area contributed by atoms with Crippen LogP contribution in [0.5, 0.6) is 0 Å². The van der Waals surface area contributed by atoms with Crippen LogP contribution in [-0.4, -0.2) is 40.4 Å². The van der Waals surface area contributed by atoms with Crippen molar-refractivity contribution in [1.29, 1.82) is 0 Å². The van der Waals surface area contributed by atoms with Crippen molar-refractivity contribution in [2.45, 2.75) is 6.42 Å². The van der Waals surface area contributed by atoms with Gasteiger partial charge in [-0.25, -0.2) is 4.79 Å². The van der Waals surface area contributed by atoms with E-state index in [9.17, 15) is 14.4 Å². The number of hydrogen-bond acceptors (Lipinski definition) is 4. The topological polar surface area (TPSA) is 68.6 Å². The Kier molecular flexibility index (Phi) is 4.76. The van der Waals surface area contributed by atoms with E-state index in [0.717, 1.165) is 5.69 Å². The molecule has 1 aliphatic heterocycles. The van der Waals surface area contributed by atoms with Gasteiger partial charge in [0.05, 0.1) is 23.3 Å². The average molecular weight is 374 g/mol. The first kappa shape index (κ1) is 17.7. The van der Waals surface area contributed by atoms with Gasteiger partial charge in [-0.3, -0.25) is 14.5 Å². The van der Waals surface area contributed by atoms with Crippen molar-refractivity contribution in [3.8, 4) is 5.69 Å². The third-order valence-electron chi connectivity index (χ3n) is 4.64. The molecule has 1 aromatic heterocycles. The number of amides is 2. The van der Waals surface area contributed by atoms with Gasteiger partial charge in [0.25, 0.3) is 11.8 Å². The molecule has 0 fully saturated rings. The first-order valence-electron chi connectivity index (χ1n) is 9.01. The van der Waals surface area contributed by atoms with Crippen molar-refractivity contribution in [2.75, 3.05) is 13.2 Å². The van der Waals surface area contributed by atoms with Crippen LogP contribution in [0.2, 0.25) is 0 Å². The monoisotopic (exact) mass is 374 g/mol. The summed E-state index contributed by atoms with van der Waals surface area (Å²) in [6.07, 6.45) is 4.23. The smallest absolute Gasteiger partial charge is 0.338 e. The summed E-state index contributed by atoms with van der Waals surface area (Å²) in [6.45, 7) is 0.345. The maximum absolute atomic E-state index is 12.3. The number of fused-ring (bicyclic) bond motifs is 1. The summed E-state index contributed by atoms with van der Waals surface area (Å²) in [5.41, 5.74) is 2.25. The molecule has 0 radical (unpaired) electrons. The number of imide groups is 1. The highest BCUT2D eigenvalue weighted by molar-refractivity contribution is 6.21. The minimum Gasteiger partial charge on any atom is -0.462 e. The molecule has 1 aliphatic rings. The van der Waals surface area contributed by atoms with Crippen LogP contribution in [-0.2, 0) is 4.74 Å². The number of ether oxygens (including phenoxy) is 1. The fourth-order valence-electron chi connectivity index (χ4n) is 3.19. The summed E-state index contributed by atoms with van der Waals surface area (Å²) < 4.78 is 7.21. The normalized spacial score (nSPS) is 12.9. The molecule has 4 rings (SSSR count). The molecular formula is C22H18N2O4. The summed E-state index contributed by atoms with van der Waals surface area (Å²) in [7, 11) is 0. The van der Waals surface area contributed by atoms with Crippen LogP contribution < -0.4 is 0 Å². The number of esters is 1. The molecule has 6 nitrogen and oxygen atoms in total. The fraction of sp³-hybridized carbons (Fsp3) is 0.136. The Morgan fingerprint density at radius 2 is 1.43 bits per heavy atom. The van der Waals surface area contributed by atoms with E-state index in [4.69, 9.17) is 4.74 Å². The van der Waals surface area contributed by atoms with Crippen LogP contribution in [0.15, 0.2) is 73.1 Å². The van der Waals surface area contributed by atoms with Crippen LogP contribution in [0.4, 0.5) is 0 Å². The number of benzene rings is 2. The number of carbonyl (C=O) groups is 3. The number of hydrogen-bond donors (Lipinski definition) is 0. The van der Waals surface area contributed by atoms with E-state index in [1.165, 1.54) is 4.90 Å². The first-order valence-corrected chi connectivity index (χ1v) is 9.01. The minimum absolute atomic E-state index is 0.131. The third-order valence-corrected chi connectivity index (χ3v) is 4.64. The van der Waals surface area contributed by atoms with Gasteiger partial charge in [0, 0.05) is 24.6 Å². The van der Waals surface area contributed by atoms with Crippen molar-refractivity contribution in [3.05, 3.63) is 89.7 Å². The maximum Gasteiger partial charge on any atom is 0.338 e. The van der Waals surface area contributed by atoms with Gasteiger partial charge in [0.1, 0.15) is 0 Å². The Labute approximate surface area is 162 Å². The highest BCUT2D eigenvalue weighted by atomic mass is 16.5. The zero-order valence-electron chi connectivity index (χ0n) is 15.1. The zero-order valence-corrected chi connectivity index (χ0v) is 15.1. The lowest BCUT2D eigenvalue weighted by atomic mass is 10.1. The SMILES string of the molecule is O=C(OCCCN1C(=O)c2ccccc2C1=O)c1ccc(-n2cccc2)cc1. The summed E-state index contributed by atoms with van der Waals surface area (Å²) in [6, 6.07) is 17.7. The number of aromatic nitrogens is 1. The molecule has 2 heterocycles. The highest BCUT2D eigenvalue weighted by Crippen LogP contribution is 2.22. The van der Waals surface area contributed by atoms with Gasteiger partial charge in [-0.2, -0.15) is 0 Å². The van der Waals surface area contributed by atoms with E-state index in [1.54, 1.807) is 36.4 Å². The van der Waals surface area contributed by atoms with Crippen LogP contribution in [0.3, 0.4) is 0 Å². The van der Waals surface area contributed by atoms with Crippen LogP contribution in [0.1, 0.15) is 37.5 Å². The Balaban J connectivity index is 1.28. The molecule has 140 valence electrons. The zero-order chi connectivity index (χ0) is 19.5. The molecule has 0 N–H and O–H groups in total. The van der Waals surface area contributed by atoms with Gasteiger partial charge in [0.2, 0.25) is 0 Å². The molecule has 6 heteroatoms. The van der Waals surface area contributed by atoms with Crippen molar-refractivity contribution < 1.29 is 19.1 Å². The van der Waals surface area contributed by atoms with Gasteiger partial charge < -0.3 is 9.30 Å². The number of rotatable bonds is 6. The van der Waals surface area contributed by atoms with Gasteiger partial charge in [-0.05, 0) is 55.0 Å².